The number of hydrogen-bond donors (Lipinski definition) is 1. The molecular weight excluding hydrogens is 238 g/mol. The zero-order chi connectivity index (χ0) is 12.9. The highest BCUT2D eigenvalue weighted by atomic mass is 32.2. The summed E-state index contributed by atoms with van der Waals surface area (Å²) in [5.41, 5.74) is 0. The van der Waals surface area contributed by atoms with E-state index in [9.17, 15) is 8.42 Å². The van der Waals surface area contributed by atoms with E-state index in [1.165, 1.54) is 0 Å². The second-order valence-electron chi connectivity index (χ2n) is 4.50. The van der Waals surface area contributed by atoms with E-state index in [1.807, 2.05) is 13.8 Å². The summed E-state index contributed by atoms with van der Waals surface area (Å²) in [5, 5.41) is 3.22. The lowest BCUT2D eigenvalue weighted by atomic mass is 10.2. The van der Waals surface area contributed by atoms with Gasteiger partial charge in [-0.15, -0.1) is 0 Å². The van der Waals surface area contributed by atoms with E-state index in [0.717, 1.165) is 32.4 Å². The Morgan fingerprint density at radius 2 is 1.88 bits per heavy atom. The van der Waals surface area contributed by atoms with Crippen LogP contribution < -0.4 is 5.32 Å². The Morgan fingerprint density at radius 3 is 2.47 bits per heavy atom. The van der Waals surface area contributed by atoms with E-state index in [-0.39, 0.29) is 6.04 Å². The molecule has 0 amide bonds. The van der Waals surface area contributed by atoms with Crippen molar-refractivity contribution >= 4 is 10.2 Å². The Hall–Kier alpha value is -0.170. The first kappa shape index (κ1) is 14.9. The second kappa shape index (κ2) is 6.68. The Kier molecular flexibility index (Phi) is 5.85. The first-order chi connectivity index (χ1) is 8.04. The van der Waals surface area contributed by atoms with Crippen molar-refractivity contribution < 1.29 is 8.42 Å². The Balaban J connectivity index is 2.77. The van der Waals surface area contributed by atoms with E-state index < -0.39 is 10.2 Å². The van der Waals surface area contributed by atoms with Gasteiger partial charge in [-0.05, 0) is 25.8 Å². The molecule has 1 rings (SSSR count). The van der Waals surface area contributed by atoms with Crippen molar-refractivity contribution in [3.63, 3.8) is 0 Å². The zero-order valence-corrected chi connectivity index (χ0v) is 12.0. The summed E-state index contributed by atoms with van der Waals surface area (Å²) < 4.78 is 28.0. The van der Waals surface area contributed by atoms with Gasteiger partial charge in [0.15, 0.2) is 0 Å². The molecule has 0 radical (unpaired) electrons. The van der Waals surface area contributed by atoms with Crippen LogP contribution in [0, 0.1) is 0 Å². The maximum atomic E-state index is 12.4. The van der Waals surface area contributed by atoms with Crippen LogP contribution in [0.3, 0.4) is 0 Å². The van der Waals surface area contributed by atoms with Crippen molar-refractivity contribution in [2.45, 2.75) is 39.2 Å². The highest BCUT2D eigenvalue weighted by Crippen LogP contribution is 2.15. The molecule has 0 atom stereocenters. The minimum atomic E-state index is -3.28. The highest BCUT2D eigenvalue weighted by Gasteiger charge is 2.30. The monoisotopic (exact) mass is 263 g/mol. The number of nitrogens with zero attached hydrogens (tertiary/aromatic N) is 2. The van der Waals surface area contributed by atoms with Gasteiger partial charge in [0, 0.05) is 32.7 Å². The van der Waals surface area contributed by atoms with Crippen LogP contribution in [0.25, 0.3) is 0 Å². The molecule has 1 N–H and O–H groups in total. The Morgan fingerprint density at radius 1 is 1.24 bits per heavy atom. The standard InChI is InChI=1S/C11H25N3O2S/c1-4-11(5-2)13(3)17(15,16)14-9-6-7-12-8-10-14/h11-12H,4-10H2,1-3H3. The number of rotatable bonds is 5. The van der Waals surface area contributed by atoms with Gasteiger partial charge in [-0.2, -0.15) is 17.0 Å². The average molecular weight is 263 g/mol. The van der Waals surface area contributed by atoms with Crippen LogP contribution in [0.15, 0.2) is 0 Å². The minimum Gasteiger partial charge on any atom is -0.315 e. The van der Waals surface area contributed by atoms with E-state index >= 15 is 0 Å². The summed E-state index contributed by atoms with van der Waals surface area (Å²) in [5.74, 6) is 0. The lowest BCUT2D eigenvalue weighted by Gasteiger charge is -2.31. The molecule has 1 aliphatic heterocycles. The van der Waals surface area contributed by atoms with Gasteiger partial charge in [-0.25, -0.2) is 0 Å². The van der Waals surface area contributed by atoms with Gasteiger partial charge >= 0.3 is 0 Å². The van der Waals surface area contributed by atoms with E-state index in [1.54, 1.807) is 15.7 Å². The topological polar surface area (TPSA) is 52.7 Å². The molecule has 0 aliphatic carbocycles. The third-order valence-corrected chi connectivity index (χ3v) is 5.49. The van der Waals surface area contributed by atoms with Gasteiger partial charge in [0.25, 0.3) is 10.2 Å². The SMILES string of the molecule is CCC(CC)N(C)S(=O)(=O)N1CCCNCC1. The molecule has 0 saturated carbocycles. The molecule has 1 heterocycles. The molecule has 0 aromatic heterocycles. The van der Waals surface area contributed by atoms with Gasteiger partial charge in [0.1, 0.15) is 0 Å². The van der Waals surface area contributed by atoms with Gasteiger partial charge in [0.2, 0.25) is 0 Å². The summed E-state index contributed by atoms with van der Waals surface area (Å²) in [7, 11) is -1.58. The van der Waals surface area contributed by atoms with Crippen molar-refractivity contribution in [2.75, 3.05) is 33.2 Å². The molecule has 0 aromatic rings. The van der Waals surface area contributed by atoms with Crippen LogP contribution in [0.1, 0.15) is 33.1 Å². The normalized spacial score (nSPS) is 19.8. The van der Waals surface area contributed by atoms with Crippen molar-refractivity contribution in [3.8, 4) is 0 Å². The molecule has 1 fully saturated rings. The van der Waals surface area contributed by atoms with Gasteiger partial charge in [-0.1, -0.05) is 13.8 Å². The zero-order valence-electron chi connectivity index (χ0n) is 11.1. The van der Waals surface area contributed by atoms with E-state index in [2.05, 4.69) is 5.32 Å². The Bertz CT molecular complexity index is 299. The molecule has 17 heavy (non-hydrogen) atoms. The van der Waals surface area contributed by atoms with Crippen LogP contribution in [0.4, 0.5) is 0 Å². The maximum Gasteiger partial charge on any atom is 0.282 e. The summed E-state index contributed by atoms with van der Waals surface area (Å²) in [6, 6.07) is 0.108. The van der Waals surface area contributed by atoms with Crippen molar-refractivity contribution in [3.05, 3.63) is 0 Å². The fraction of sp³-hybridized carbons (Fsp3) is 1.00. The molecule has 5 nitrogen and oxygen atoms in total. The van der Waals surface area contributed by atoms with Crippen LogP contribution in [0.2, 0.25) is 0 Å². The van der Waals surface area contributed by atoms with Crippen LogP contribution in [-0.4, -0.2) is 56.3 Å². The predicted molar refractivity (Wildman–Crippen MR) is 70.1 cm³/mol. The molecule has 0 bridgehead atoms. The van der Waals surface area contributed by atoms with Crippen LogP contribution >= 0.6 is 0 Å². The van der Waals surface area contributed by atoms with Gasteiger partial charge in [0.05, 0.1) is 0 Å². The van der Waals surface area contributed by atoms with Crippen molar-refractivity contribution in [1.29, 1.82) is 0 Å². The lowest BCUT2D eigenvalue weighted by molar-refractivity contribution is 0.308. The summed E-state index contributed by atoms with van der Waals surface area (Å²) in [6.45, 7) is 6.91. The van der Waals surface area contributed by atoms with Gasteiger partial charge < -0.3 is 5.32 Å². The first-order valence-corrected chi connectivity index (χ1v) is 7.87. The van der Waals surface area contributed by atoms with Gasteiger partial charge in [-0.3, -0.25) is 0 Å². The largest absolute Gasteiger partial charge is 0.315 e. The maximum absolute atomic E-state index is 12.4. The average Bonchev–Trinajstić information content (AvgIpc) is 2.59. The van der Waals surface area contributed by atoms with E-state index in [0.29, 0.717) is 13.1 Å². The minimum absolute atomic E-state index is 0.108. The smallest absolute Gasteiger partial charge is 0.282 e. The molecular formula is C11H25N3O2S. The summed E-state index contributed by atoms with van der Waals surface area (Å²) in [6.07, 6.45) is 2.60. The molecule has 0 spiro atoms. The first-order valence-electron chi connectivity index (χ1n) is 6.47. The van der Waals surface area contributed by atoms with Crippen molar-refractivity contribution in [2.24, 2.45) is 0 Å². The fourth-order valence-corrected chi connectivity index (χ4v) is 3.95. The number of nitrogens with one attached hydrogen (secondary N) is 1. The molecule has 0 aromatic carbocycles. The van der Waals surface area contributed by atoms with Crippen LogP contribution in [-0.2, 0) is 10.2 Å². The highest BCUT2D eigenvalue weighted by molar-refractivity contribution is 7.86. The predicted octanol–water partition coefficient (Wildman–Crippen LogP) is 0.647. The molecule has 1 saturated heterocycles. The molecule has 102 valence electrons. The Labute approximate surface area is 105 Å². The van der Waals surface area contributed by atoms with E-state index in [4.69, 9.17) is 0 Å². The molecule has 0 unspecified atom stereocenters. The molecule has 6 heteroatoms. The molecule has 1 aliphatic rings. The second-order valence-corrected chi connectivity index (χ2v) is 6.48. The quantitative estimate of drug-likeness (QED) is 0.792. The third kappa shape index (κ3) is 3.64. The fourth-order valence-electron chi connectivity index (χ4n) is 2.23. The number of hydrogen-bond acceptors (Lipinski definition) is 3. The summed E-state index contributed by atoms with van der Waals surface area (Å²) in [4.78, 5) is 0. The third-order valence-electron chi connectivity index (χ3n) is 3.45. The lowest BCUT2D eigenvalue weighted by Crippen LogP contribution is -2.47. The van der Waals surface area contributed by atoms with Crippen LogP contribution in [0.5, 0.6) is 0 Å². The van der Waals surface area contributed by atoms with Crippen molar-refractivity contribution in [1.82, 2.24) is 13.9 Å². The summed E-state index contributed by atoms with van der Waals surface area (Å²) >= 11 is 0.